The van der Waals surface area contributed by atoms with E-state index >= 15 is 0 Å². The van der Waals surface area contributed by atoms with Gasteiger partial charge in [0.1, 0.15) is 10.6 Å². The van der Waals surface area contributed by atoms with Gasteiger partial charge in [0, 0.05) is 5.56 Å². The van der Waals surface area contributed by atoms with E-state index < -0.39 is 21.9 Å². The number of sulfonamides is 1. The Kier molecular flexibility index (Phi) is 5.18. The second kappa shape index (κ2) is 7.28. The Hall–Kier alpha value is -2.85. The number of halogens is 3. The Labute approximate surface area is 159 Å². The Morgan fingerprint density at radius 3 is 2.32 bits per heavy atom. The van der Waals surface area contributed by atoms with E-state index in [-0.39, 0.29) is 16.3 Å². The van der Waals surface area contributed by atoms with E-state index in [1.807, 2.05) is 6.92 Å². The molecule has 0 radical (unpaired) electrons. The van der Waals surface area contributed by atoms with E-state index in [1.165, 1.54) is 24.3 Å². The number of aromatic nitrogens is 2. The largest absolute Gasteiger partial charge is 0.494 e. The van der Waals surface area contributed by atoms with Gasteiger partial charge in [0.25, 0.3) is 0 Å². The minimum absolute atomic E-state index is 0.0615. The second-order valence-corrected chi connectivity index (χ2v) is 7.32. The van der Waals surface area contributed by atoms with E-state index in [9.17, 15) is 21.6 Å². The van der Waals surface area contributed by atoms with Gasteiger partial charge >= 0.3 is 6.18 Å². The first-order valence-corrected chi connectivity index (χ1v) is 9.68. The summed E-state index contributed by atoms with van der Waals surface area (Å²) < 4.78 is 69.9. The van der Waals surface area contributed by atoms with Crippen molar-refractivity contribution in [2.45, 2.75) is 18.0 Å². The molecule has 0 atom stereocenters. The summed E-state index contributed by atoms with van der Waals surface area (Å²) in [4.78, 5) is -0.334. The lowest BCUT2D eigenvalue weighted by Crippen LogP contribution is -2.16. The van der Waals surface area contributed by atoms with Gasteiger partial charge in [-0.05, 0) is 49.4 Å². The molecule has 148 valence electrons. The molecule has 0 aliphatic rings. The van der Waals surface area contributed by atoms with E-state index in [0.717, 1.165) is 10.7 Å². The van der Waals surface area contributed by atoms with Crippen LogP contribution in [0.2, 0.25) is 0 Å². The van der Waals surface area contributed by atoms with E-state index in [1.54, 1.807) is 24.3 Å². The smallest absolute Gasteiger partial charge is 0.435 e. The van der Waals surface area contributed by atoms with Gasteiger partial charge in [0.2, 0.25) is 10.0 Å². The fourth-order valence-electron chi connectivity index (χ4n) is 2.67. The summed E-state index contributed by atoms with van der Waals surface area (Å²) in [6, 6.07) is 12.7. The topological polar surface area (TPSA) is 87.2 Å². The van der Waals surface area contributed by atoms with Crippen molar-refractivity contribution in [2.75, 3.05) is 6.61 Å². The Morgan fingerprint density at radius 1 is 1.11 bits per heavy atom. The van der Waals surface area contributed by atoms with Gasteiger partial charge in [-0.1, -0.05) is 12.1 Å². The molecule has 3 aromatic rings. The summed E-state index contributed by atoms with van der Waals surface area (Å²) in [5.41, 5.74) is -0.771. The predicted molar refractivity (Wildman–Crippen MR) is 96.5 cm³/mol. The molecule has 10 heteroatoms. The summed E-state index contributed by atoms with van der Waals surface area (Å²) >= 11 is 0. The highest BCUT2D eigenvalue weighted by Crippen LogP contribution is 2.34. The molecule has 0 aliphatic carbocycles. The molecule has 2 aromatic carbocycles. The van der Waals surface area contributed by atoms with Crippen LogP contribution in [-0.2, 0) is 16.2 Å². The van der Waals surface area contributed by atoms with Crippen molar-refractivity contribution in [3.8, 4) is 22.7 Å². The summed E-state index contributed by atoms with van der Waals surface area (Å²) in [5, 5.41) is 8.82. The number of primary sulfonamides is 1. The molecule has 0 fully saturated rings. The van der Waals surface area contributed by atoms with Crippen molar-refractivity contribution in [3.05, 3.63) is 60.3 Å². The first kappa shape index (κ1) is 19.9. The Bertz CT molecular complexity index is 1090. The maximum Gasteiger partial charge on any atom is 0.435 e. The van der Waals surface area contributed by atoms with Crippen molar-refractivity contribution in [2.24, 2.45) is 5.14 Å². The van der Waals surface area contributed by atoms with Gasteiger partial charge in [-0.15, -0.1) is 0 Å². The average Bonchev–Trinajstić information content (AvgIpc) is 3.07. The molecule has 0 bridgehead atoms. The van der Waals surface area contributed by atoms with E-state index in [0.29, 0.717) is 17.9 Å². The number of ether oxygens (including phenoxy) is 1. The van der Waals surface area contributed by atoms with Gasteiger partial charge in [-0.2, -0.15) is 18.3 Å². The van der Waals surface area contributed by atoms with Gasteiger partial charge < -0.3 is 4.74 Å². The number of nitrogens with zero attached hydrogens (tertiary/aromatic N) is 2. The first-order chi connectivity index (χ1) is 13.1. The first-order valence-electron chi connectivity index (χ1n) is 8.14. The lowest BCUT2D eigenvalue weighted by Gasteiger charge is -2.12. The van der Waals surface area contributed by atoms with Crippen LogP contribution in [0.15, 0.2) is 59.5 Å². The number of rotatable bonds is 5. The van der Waals surface area contributed by atoms with Gasteiger partial charge in [0.05, 0.1) is 18.0 Å². The molecule has 0 unspecified atom stereocenters. The summed E-state index contributed by atoms with van der Waals surface area (Å²) in [6.07, 6.45) is -4.71. The van der Waals surface area contributed by atoms with Crippen LogP contribution in [0.3, 0.4) is 0 Å². The average molecular weight is 411 g/mol. The Balaban J connectivity index is 2.23. The van der Waals surface area contributed by atoms with Gasteiger partial charge in [-0.25, -0.2) is 18.2 Å². The molecule has 0 aliphatic heterocycles. The maximum atomic E-state index is 13.3. The fourth-order valence-corrected chi connectivity index (χ4v) is 3.38. The molecular weight excluding hydrogens is 395 g/mol. The molecule has 0 spiro atoms. The molecule has 2 N–H and O–H groups in total. The van der Waals surface area contributed by atoms with Crippen LogP contribution < -0.4 is 9.88 Å². The van der Waals surface area contributed by atoms with Crippen LogP contribution in [-0.4, -0.2) is 24.8 Å². The van der Waals surface area contributed by atoms with Crippen molar-refractivity contribution in [1.29, 1.82) is 0 Å². The molecule has 6 nitrogen and oxygen atoms in total. The SMILES string of the molecule is CCOc1ccc(-c2cc(C(F)(F)F)nn2-c2ccccc2S(N)(=O)=O)cc1. The highest BCUT2D eigenvalue weighted by atomic mass is 32.2. The summed E-state index contributed by atoms with van der Waals surface area (Å²) in [5.74, 6) is 0.554. The fraction of sp³-hybridized carbons (Fsp3) is 0.167. The Morgan fingerprint density at radius 2 is 1.75 bits per heavy atom. The molecular formula is C18H16F3N3O3S. The van der Waals surface area contributed by atoms with Crippen LogP contribution in [0.5, 0.6) is 5.75 Å². The maximum absolute atomic E-state index is 13.3. The number of hydrogen-bond donors (Lipinski definition) is 1. The third kappa shape index (κ3) is 4.02. The zero-order chi connectivity index (χ0) is 20.5. The number of nitrogens with two attached hydrogens (primary N) is 1. The highest BCUT2D eigenvalue weighted by Gasteiger charge is 2.35. The van der Waals surface area contributed by atoms with Crippen molar-refractivity contribution >= 4 is 10.0 Å². The molecule has 3 rings (SSSR count). The molecule has 1 aromatic heterocycles. The number of benzene rings is 2. The van der Waals surface area contributed by atoms with Crippen LogP contribution in [0, 0.1) is 0 Å². The molecule has 0 amide bonds. The van der Waals surface area contributed by atoms with Crippen LogP contribution >= 0.6 is 0 Å². The van der Waals surface area contributed by atoms with Crippen LogP contribution in [0.25, 0.3) is 16.9 Å². The minimum atomic E-state index is -4.71. The number of alkyl halides is 3. The zero-order valence-electron chi connectivity index (χ0n) is 14.6. The summed E-state index contributed by atoms with van der Waals surface area (Å²) in [7, 11) is -4.18. The summed E-state index contributed by atoms with van der Waals surface area (Å²) in [6.45, 7) is 2.25. The zero-order valence-corrected chi connectivity index (χ0v) is 15.5. The van der Waals surface area contributed by atoms with Gasteiger partial charge in [0.15, 0.2) is 5.69 Å². The lowest BCUT2D eigenvalue weighted by atomic mass is 10.1. The number of para-hydroxylation sites is 1. The second-order valence-electron chi connectivity index (χ2n) is 5.79. The third-order valence-corrected chi connectivity index (χ3v) is 4.82. The van der Waals surface area contributed by atoms with Crippen molar-refractivity contribution in [1.82, 2.24) is 9.78 Å². The van der Waals surface area contributed by atoms with Crippen molar-refractivity contribution < 1.29 is 26.3 Å². The molecule has 0 saturated carbocycles. The monoisotopic (exact) mass is 411 g/mol. The number of hydrogen-bond acceptors (Lipinski definition) is 4. The quantitative estimate of drug-likeness (QED) is 0.695. The molecule has 28 heavy (non-hydrogen) atoms. The van der Waals surface area contributed by atoms with E-state index in [2.05, 4.69) is 5.10 Å². The lowest BCUT2D eigenvalue weighted by molar-refractivity contribution is -0.141. The van der Waals surface area contributed by atoms with Crippen LogP contribution in [0.4, 0.5) is 13.2 Å². The van der Waals surface area contributed by atoms with Crippen LogP contribution in [0.1, 0.15) is 12.6 Å². The predicted octanol–water partition coefficient (Wildman–Crippen LogP) is 3.60. The standard InChI is InChI=1S/C18H16F3N3O3S/c1-2-27-13-9-7-12(8-10-13)15-11-17(18(19,20)21)23-24(15)14-5-3-4-6-16(14)28(22,25)26/h3-11H,2H2,1H3,(H2,22,25,26). The normalized spacial score (nSPS) is 12.2. The minimum Gasteiger partial charge on any atom is -0.494 e. The molecule has 1 heterocycles. The molecule has 0 saturated heterocycles. The third-order valence-electron chi connectivity index (χ3n) is 3.86. The van der Waals surface area contributed by atoms with Gasteiger partial charge in [-0.3, -0.25) is 0 Å². The van der Waals surface area contributed by atoms with E-state index in [4.69, 9.17) is 9.88 Å². The van der Waals surface area contributed by atoms with Crippen molar-refractivity contribution in [3.63, 3.8) is 0 Å². The highest BCUT2D eigenvalue weighted by molar-refractivity contribution is 7.89.